The predicted octanol–water partition coefficient (Wildman–Crippen LogP) is 3.02. The molecule has 2 rings (SSSR count). The summed E-state index contributed by atoms with van der Waals surface area (Å²) in [5.41, 5.74) is 1.58. The van der Waals surface area contributed by atoms with Crippen molar-refractivity contribution in [1.82, 2.24) is 0 Å². The second-order valence-corrected chi connectivity index (χ2v) is 4.62. The molecular formula is C14H20O2. The summed E-state index contributed by atoms with van der Waals surface area (Å²) in [7, 11) is 0. The summed E-state index contributed by atoms with van der Waals surface area (Å²) in [6.45, 7) is 5.26. The quantitative estimate of drug-likeness (QED) is 0.703. The van der Waals surface area contributed by atoms with Gasteiger partial charge in [-0.1, -0.05) is 30.3 Å². The van der Waals surface area contributed by atoms with Crippen LogP contribution >= 0.6 is 0 Å². The van der Waals surface area contributed by atoms with Gasteiger partial charge >= 0.3 is 0 Å². The van der Waals surface area contributed by atoms with E-state index in [1.165, 1.54) is 18.4 Å². The van der Waals surface area contributed by atoms with Crippen LogP contribution in [0.3, 0.4) is 0 Å². The molecule has 1 saturated carbocycles. The molecule has 1 fully saturated rings. The third kappa shape index (κ3) is 3.32. The van der Waals surface area contributed by atoms with Gasteiger partial charge in [0.15, 0.2) is 0 Å². The molecule has 0 heterocycles. The van der Waals surface area contributed by atoms with Crippen molar-refractivity contribution in [2.75, 3.05) is 19.8 Å². The zero-order chi connectivity index (χ0) is 11.3. The molecule has 2 heteroatoms. The van der Waals surface area contributed by atoms with Crippen LogP contribution in [0, 0.1) is 5.41 Å². The summed E-state index contributed by atoms with van der Waals surface area (Å²) in [5, 5.41) is 0. The summed E-state index contributed by atoms with van der Waals surface area (Å²) in [6, 6.07) is 10.3. The number of benzene rings is 1. The molecule has 0 unspecified atom stereocenters. The molecule has 0 aliphatic heterocycles. The third-order valence-electron chi connectivity index (χ3n) is 3.09. The van der Waals surface area contributed by atoms with E-state index in [9.17, 15) is 0 Å². The van der Waals surface area contributed by atoms with E-state index in [0.717, 1.165) is 19.8 Å². The summed E-state index contributed by atoms with van der Waals surface area (Å²) in [5.74, 6) is 0. The van der Waals surface area contributed by atoms with Crippen molar-refractivity contribution in [3.05, 3.63) is 35.9 Å². The second kappa shape index (κ2) is 5.46. The molecule has 1 aromatic carbocycles. The summed E-state index contributed by atoms with van der Waals surface area (Å²) < 4.78 is 11.2. The Hall–Kier alpha value is -0.860. The van der Waals surface area contributed by atoms with Crippen molar-refractivity contribution in [3.8, 4) is 0 Å². The van der Waals surface area contributed by atoms with Crippen LogP contribution in [0.1, 0.15) is 25.3 Å². The molecule has 1 aromatic rings. The van der Waals surface area contributed by atoms with Gasteiger partial charge < -0.3 is 9.47 Å². The van der Waals surface area contributed by atoms with Gasteiger partial charge in [0.25, 0.3) is 0 Å². The van der Waals surface area contributed by atoms with Gasteiger partial charge in [-0.3, -0.25) is 0 Å². The first-order chi connectivity index (χ1) is 7.85. The van der Waals surface area contributed by atoms with Crippen molar-refractivity contribution in [1.29, 1.82) is 0 Å². The molecule has 0 amide bonds. The fraction of sp³-hybridized carbons (Fsp3) is 0.571. The van der Waals surface area contributed by atoms with Crippen LogP contribution in [0.25, 0.3) is 0 Å². The Bertz CT molecular complexity index is 304. The zero-order valence-electron chi connectivity index (χ0n) is 9.95. The standard InChI is InChI=1S/C14H20O2/c1-2-15-11-14(8-9-14)12-16-10-13-6-4-3-5-7-13/h3-7H,2,8-12H2,1H3. The highest BCUT2D eigenvalue weighted by Gasteiger charge is 2.43. The highest BCUT2D eigenvalue weighted by atomic mass is 16.5. The normalized spacial score (nSPS) is 17.3. The van der Waals surface area contributed by atoms with E-state index in [4.69, 9.17) is 9.47 Å². The van der Waals surface area contributed by atoms with Gasteiger partial charge in [0.2, 0.25) is 0 Å². The van der Waals surface area contributed by atoms with E-state index in [2.05, 4.69) is 12.1 Å². The Morgan fingerprint density at radius 3 is 2.38 bits per heavy atom. The monoisotopic (exact) mass is 220 g/mol. The van der Waals surface area contributed by atoms with Crippen LogP contribution in [0.4, 0.5) is 0 Å². The Morgan fingerprint density at radius 2 is 1.75 bits per heavy atom. The van der Waals surface area contributed by atoms with Gasteiger partial charge in [0.05, 0.1) is 19.8 Å². The minimum absolute atomic E-state index is 0.338. The molecule has 0 N–H and O–H groups in total. The van der Waals surface area contributed by atoms with Gasteiger partial charge in [-0.15, -0.1) is 0 Å². The minimum atomic E-state index is 0.338. The largest absolute Gasteiger partial charge is 0.381 e. The van der Waals surface area contributed by atoms with Gasteiger partial charge in [0.1, 0.15) is 0 Å². The predicted molar refractivity (Wildman–Crippen MR) is 64.3 cm³/mol. The first-order valence-corrected chi connectivity index (χ1v) is 6.04. The number of ether oxygens (including phenoxy) is 2. The van der Waals surface area contributed by atoms with Crippen molar-refractivity contribution >= 4 is 0 Å². The molecule has 0 spiro atoms. The number of rotatable bonds is 7. The SMILES string of the molecule is CCOCC1(COCc2ccccc2)CC1. The van der Waals surface area contributed by atoms with Crippen LogP contribution < -0.4 is 0 Å². The number of hydrogen-bond donors (Lipinski definition) is 0. The fourth-order valence-corrected chi connectivity index (χ4v) is 1.79. The van der Waals surface area contributed by atoms with E-state index in [-0.39, 0.29) is 0 Å². The first-order valence-electron chi connectivity index (χ1n) is 6.04. The van der Waals surface area contributed by atoms with E-state index < -0.39 is 0 Å². The lowest BCUT2D eigenvalue weighted by Gasteiger charge is -2.15. The van der Waals surface area contributed by atoms with Crippen LogP contribution in [-0.2, 0) is 16.1 Å². The molecule has 0 saturated heterocycles. The third-order valence-corrected chi connectivity index (χ3v) is 3.09. The molecule has 0 radical (unpaired) electrons. The summed E-state index contributed by atoms with van der Waals surface area (Å²) >= 11 is 0. The van der Waals surface area contributed by atoms with Crippen molar-refractivity contribution in [2.45, 2.75) is 26.4 Å². The summed E-state index contributed by atoms with van der Waals surface area (Å²) in [4.78, 5) is 0. The Kier molecular flexibility index (Phi) is 3.97. The maximum atomic E-state index is 5.76. The first kappa shape index (κ1) is 11.6. The van der Waals surface area contributed by atoms with Gasteiger partial charge in [-0.05, 0) is 25.3 Å². The topological polar surface area (TPSA) is 18.5 Å². The molecule has 88 valence electrons. The van der Waals surface area contributed by atoms with Crippen LogP contribution in [-0.4, -0.2) is 19.8 Å². The van der Waals surface area contributed by atoms with Crippen LogP contribution in [0.5, 0.6) is 0 Å². The molecule has 2 nitrogen and oxygen atoms in total. The van der Waals surface area contributed by atoms with Crippen LogP contribution in [0.15, 0.2) is 30.3 Å². The smallest absolute Gasteiger partial charge is 0.0717 e. The Balaban J connectivity index is 1.68. The maximum absolute atomic E-state index is 5.76. The molecule has 0 bridgehead atoms. The molecular weight excluding hydrogens is 200 g/mol. The number of hydrogen-bond acceptors (Lipinski definition) is 2. The van der Waals surface area contributed by atoms with Gasteiger partial charge in [-0.25, -0.2) is 0 Å². The minimum Gasteiger partial charge on any atom is -0.381 e. The van der Waals surface area contributed by atoms with E-state index in [0.29, 0.717) is 12.0 Å². The Morgan fingerprint density at radius 1 is 1.06 bits per heavy atom. The molecule has 0 aromatic heterocycles. The lowest BCUT2D eigenvalue weighted by atomic mass is 10.1. The molecule has 1 aliphatic carbocycles. The van der Waals surface area contributed by atoms with Crippen molar-refractivity contribution in [3.63, 3.8) is 0 Å². The maximum Gasteiger partial charge on any atom is 0.0717 e. The second-order valence-electron chi connectivity index (χ2n) is 4.62. The average molecular weight is 220 g/mol. The highest BCUT2D eigenvalue weighted by molar-refractivity contribution is 5.13. The van der Waals surface area contributed by atoms with E-state index in [1.54, 1.807) is 0 Å². The molecule has 16 heavy (non-hydrogen) atoms. The van der Waals surface area contributed by atoms with Gasteiger partial charge in [0, 0.05) is 12.0 Å². The zero-order valence-corrected chi connectivity index (χ0v) is 9.95. The average Bonchev–Trinajstić information content (AvgIpc) is 3.09. The Labute approximate surface area is 97.6 Å². The highest BCUT2D eigenvalue weighted by Crippen LogP contribution is 2.46. The lowest BCUT2D eigenvalue weighted by Crippen LogP contribution is -2.17. The fourth-order valence-electron chi connectivity index (χ4n) is 1.79. The molecule has 0 atom stereocenters. The van der Waals surface area contributed by atoms with Gasteiger partial charge in [-0.2, -0.15) is 0 Å². The van der Waals surface area contributed by atoms with Crippen molar-refractivity contribution in [2.24, 2.45) is 5.41 Å². The van der Waals surface area contributed by atoms with E-state index in [1.807, 2.05) is 25.1 Å². The van der Waals surface area contributed by atoms with Crippen molar-refractivity contribution < 1.29 is 9.47 Å². The van der Waals surface area contributed by atoms with E-state index >= 15 is 0 Å². The summed E-state index contributed by atoms with van der Waals surface area (Å²) in [6.07, 6.45) is 2.50. The van der Waals surface area contributed by atoms with Crippen LogP contribution in [0.2, 0.25) is 0 Å². The molecule has 1 aliphatic rings. The lowest BCUT2D eigenvalue weighted by molar-refractivity contribution is 0.0249.